The molecular formula is C9H20NO2Si-. The monoisotopic (exact) mass is 202 g/mol. The Morgan fingerprint density at radius 1 is 1.23 bits per heavy atom. The molecule has 0 radical (unpaired) electrons. The van der Waals surface area contributed by atoms with Crippen LogP contribution in [0, 0.1) is 5.21 Å². The molecule has 0 aromatic rings. The average molecular weight is 202 g/mol. The minimum Gasteiger partial charge on any atom is -0.784 e. The third kappa shape index (κ3) is 2.12. The van der Waals surface area contributed by atoms with Gasteiger partial charge in [-0.2, -0.15) is 0 Å². The maximum atomic E-state index is 11.9. The summed E-state index contributed by atoms with van der Waals surface area (Å²) in [6.45, 7) is 7.98. The number of hydroxylamine groups is 2. The molecule has 13 heavy (non-hydrogen) atoms. The molecule has 0 N–H and O–H groups in total. The molecule has 0 saturated carbocycles. The van der Waals surface area contributed by atoms with Crippen molar-refractivity contribution in [1.82, 2.24) is 5.06 Å². The first-order valence-corrected chi connectivity index (χ1v) is 5.61. The standard InChI is InChI=1S/C9H20NO2Si/c1-8(2)5-7(12-13)6-9(3,4)10(8)11/h7H,5-6H2,1-4,13H3/q-1. The van der Waals surface area contributed by atoms with E-state index in [-0.39, 0.29) is 17.2 Å². The Bertz CT molecular complexity index is 176. The lowest BCUT2D eigenvalue weighted by Crippen LogP contribution is -2.59. The lowest BCUT2D eigenvalue weighted by atomic mass is 9.80. The van der Waals surface area contributed by atoms with Crippen LogP contribution in [0.1, 0.15) is 40.5 Å². The van der Waals surface area contributed by atoms with E-state index in [1.54, 1.807) is 0 Å². The number of hydrogen-bond donors (Lipinski definition) is 0. The summed E-state index contributed by atoms with van der Waals surface area (Å²) in [6.07, 6.45) is 1.98. The van der Waals surface area contributed by atoms with Gasteiger partial charge in [0.25, 0.3) is 0 Å². The first-order chi connectivity index (χ1) is 5.79. The molecule has 78 valence electrons. The summed E-state index contributed by atoms with van der Waals surface area (Å²) in [6, 6.07) is 0. The smallest absolute Gasteiger partial charge is 0.146 e. The molecule has 1 aliphatic rings. The van der Waals surface area contributed by atoms with Crippen molar-refractivity contribution in [3.63, 3.8) is 0 Å². The third-order valence-electron chi connectivity index (χ3n) is 2.89. The maximum absolute atomic E-state index is 11.9. The molecule has 1 saturated heterocycles. The summed E-state index contributed by atoms with van der Waals surface area (Å²) >= 11 is 0. The van der Waals surface area contributed by atoms with E-state index >= 15 is 0 Å². The number of piperidine rings is 1. The SMILES string of the molecule is CC1(C)CC(O[SiH3])CC(C)(C)N1[O-]. The van der Waals surface area contributed by atoms with Crippen LogP contribution in [0.5, 0.6) is 0 Å². The van der Waals surface area contributed by atoms with Gasteiger partial charge in [-0.3, -0.25) is 0 Å². The Morgan fingerprint density at radius 2 is 1.62 bits per heavy atom. The van der Waals surface area contributed by atoms with E-state index in [0.29, 0.717) is 0 Å². The van der Waals surface area contributed by atoms with E-state index in [2.05, 4.69) is 0 Å². The van der Waals surface area contributed by atoms with E-state index in [0.717, 1.165) is 23.3 Å². The van der Waals surface area contributed by atoms with E-state index in [9.17, 15) is 5.21 Å². The second-order valence-corrected chi connectivity index (χ2v) is 5.66. The second-order valence-electron chi connectivity index (χ2n) is 5.19. The van der Waals surface area contributed by atoms with Crippen LogP contribution in [0.3, 0.4) is 0 Å². The Hall–Kier alpha value is 0.0969. The minimum absolute atomic E-state index is 0.280. The molecule has 1 fully saturated rings. The van der Waals surface area contributed by atoms with Crippen molar-refractivity contribution >= 4 is 10.5 Å². The van der Waals surface area contributed by atoms with Crippen LogP contribution in [0.25, 0.3) is 0 Å². The van der Waals surface area contributed by atoms with Crippen LogP contribution >= 0.6 is 0 Å². The van der Waals surface area contributed by atoms with Crippen molar-refractivity contribution in [3.05, 3.63) is 5.21 Å². The van der Waals surface area contributed by atoms with Gasteiger partial charge in [-0.15, -0.1) is 0 Å². The number of rotatable bonds is 1. The lowest BCUT2D eigenvalue weighted by molar-refractivity contribution is -0.0385. The minimum atomic E-state index is -0.281. The summed E-state index contributed by atoms with van der Waals surface area (Å²) < 4.78 is 5.48. The summed E-state index contributed by atoms with van der Waals surface area (Å²) in [7, 11) is 0.761. The molecule has 1 aliphatic heterocycles. The lowest BCUT2D eigenvalue weighted by Gasteiger charge is -2.59. The van der Waals surface area contributed by atoms with Crippen molar-refractivity contribution < 1.29 is 4.43 Å². The first-order valence-electron chi connectivity index (χ1n) is 4.80. The quantitative estimate of drug-likeness (QED) is 0.590. The third-order valence-corrected chi connectivity index (χ3v) is 3.55. The first kappa shape index (κ1) is 11.2. The summed E-state index contributed by atoms with van der Waals surface area (Å²) in [4.78, 5) is 0. The van der Waals surface area contributed by atoms with Gasteiger partial charge in [-0.25, -0.2) is 0 Å². The topological polar surface area (TPSA) is 35.5 Å². The fourth-order valence-electron chi connectivity index (χ4n) is 2.34. The van der Waals surface area contributed by atoms with Gasteiger partial charge in [0.05, 0.1) is 0 Å². The summed E-state index contributed by atoms with van der Waals surface area (Å²) in [5.41, 5.74) is -0.562. The fraction of sp³-hybridized carbons (Fsp3) is 1.00. The Balaban J connectivity index is 2.82. The zero-order valence-corrected chi connectivity index (χ0v) is 11.3. The van der Waals surface area contributed by atoms with Crippen LogP contribution < -0.4 is 0 Å². The molecule has 4 heteroatoms. The van der Waals surface area contributed by atoms with Gasteiger partial charge in [0.1, 0.15) is 10.5 Å². The molecule has 1 heterocycles. The molecule has 0 aromatic carbocycles. The zero-order valence-electron chi connectivity index (χ0n) is 9.26. The molecule has 0 aliphatic carbocycles. The van der Waals surface area contributed by atoms with E-state index in [1.165, 1.54) is 5.06 Å². The van der Waals surface area contributed by atoms with Crippen molar-refractivity contribution in [3.8, 4) is 0 Å². The molecule has 0 aromatic heterocycles. The van der Waals surface area contributed by atoms with E-state index < -0.39 is 0 Å². The molecule has 0 unspecified atom stereocenters. The predicted octanol–water partition coefficient (Wildman–Crippen LogP) is 0.803. The van der Waals surface area contributed by atoms with Gasteiger partial charge in [0, 0.05) is 17.2 Å². The van der Waals surface area contributed by atoms with Gasteiger partial charge in [-0.05, 0) is 40.5 Å². The van der Waals surface area contributed by atoms with Crippen molar-refractivity contribution in [2.45, 2.75) is 57.7 Å². The van der Waals surface area contributed by atoms with Crippen molar-refractivity contribution in [2.75, 3.05) is 0 Å². The average Bonchev–Trinajstić information content (AvgIpc) is 1.99. The molecule has 1 rings (SSSR count). The molecule has 0 amide bonds. The highest BCUT2D eigenvalue weighted by Gasteiger charge is 2.39. The predicted molar refractivity (Wildman–Crippen MR) is 57.4 cm³/mol. The van der Waals surface area contributed by atoms with Gasteiger partial charge in [-0.1, -0.05) is 0 Å². The number of hydrogen-bond acceptors (Lipinski definition) is 3. The van der Waals surface area contributed by atoms with Crippen LogP contribution in [0.4, 0.5) is 0 Å². The van der Waals surface area contributed by atoms with Gasteiger partial charge < -0.3 is 14.7 Å². The van der Waals surface area contributed by atoms with Crippen molar-refractivity contribution in [2.24, 2.45) is 0 Å². The van der Waals surface area contributed by atoms with E-state index in [1.807, 2.05) is 27.7 Å². The van der Waals surface area contributed by atoms with Crippen LogP contribution in [0.15, 0.2) is 0 Å². The maximum Gasteiger partial charge on any atom is 0.146 e. The summed E-state index contributed by atoms with van der Waals surface area (Å²) in [5.74, 6) is 0. The van der Waals surface area contributed by atoms with Crippen LogP contribution in [-0.2, 0) is 4.43 Å². The van der Waals surface area contributed by atoms with E-state index in [4.69, 9.17) is 4.43 Å². The highest BCUT2D eigenvalue weighted by molar-refractivity contribution is 5.98. The molecule has 0 spiro atoms. The Kier molecular flexibility index (Phi) is 2.88. The highest BCUT2D eigenvalue weighted by atomic mass is 28.2. The Labute approximate surface area is 83.6 Å². The largest absolute Gasteiger partial charge is 0.784 e. The fourth-order valence-corrected chi connectivity index (χ4v) is 2.67. The van der Waals surface area contributed by atoms with Gasteiger partial charge in [0.15, 0.2) is 0 Å². The molecule has 3 nitrogen and oxygen atoms in total. The zero-order chi connectivity index (χ0) is 10.3. The number of nitrogens with zero attached hydrogens (tertiary/aromatic N) is 1. The van der Waals surface area contributed by atoms with Gasteiger partial charge >= 0.3 is 0 Å². The van der Waals surface area contributed by atoms with Crippen LogP contribution in [0.2, 0.25) is 0 Å². The van der Waals surface area contributed by atoms with Gasteiger partial charge in [0.2, 0.25) is 0 Å². The van der Waals surface area contributed by atoms with Crippen LogP contribution in [-0.4, -0.2) is 32.7 Å². The Morgan fingerprint density at radius 3 is 1.92 bits per heavy atom. The normalized spacial score (nSPS) is 29.3. The van der Waals surface area contributed by atoms with Crippen molar-refractivity contribution in [1.29, 1.82) is 0 Å². The second kappa shape index (κ2) is 3.35. The molecule has 0 atom stereocenters. The molecule has 0 bridgehead atoms. The summed E-state index contributed by atoms with van der Waals surface area (Å²) in [5, 5.41) is 13.1. The highest BCUT2D eigenvalue weighted by Crippen LogP contribution is 2.38. The molecular weight excluding hydrogens is 182 g/mol.